The minimum Gasteiger partial charge on any atom is -0.481 e. The Bertz CT molecular complexity index is 447. The van der Waals surface area contributed by atoms with E-state index in [1.165, 1.54) is 0 Å². The molecule has 0 saturated heterocycles. The Morgan fingerprint density at radius 3 is 2.63 bits per heavy atom. The van der Waals surface area contributed by atoms with Gasteiger partial charge in [0.25, 0.3) is 5.91 Å². The maximum atomic E-state index is 11.6. The molecule has 0 spiro atoms. The van der Waals surface area contributed by atoms with Crippen LogP contribution >= 0.6 is 0 Å². The lowest BCUT2D eigenvalue weighted by molar-refractivity contribution is -0.126. The number of carbonyl (C=O) groups excluding carboxylic acids is 1. The number of hydrogen-bond acceptors (Lipinski definition) is 3. The minimum absolute atomic E-state index is 0.189. The molecule has 0 aliphatic heterocycles. The summed E-state index contributed by atoms with van der Waals surface area (Å²) in [6.07, 6.45) is 4.63. The van der Waals surface area contributed by atoms with Crippen molar-refractivity contribution in [3.8, 4) is 18.1 Å². The van der Waals surface area contributed by atoms with E-state index in [2.05, 4.69) is 11.2 Å². The first-order valence-electron chi connectivity index (χ1n) is 6.24. The average Bonchev–Trinajstić information content (AvgIpc) is 2.44. The van der Waals surface area contributed by atoms with Crippen molar-refractivity contribution in [3.05, 3.63) is 29.8 Å². The highest BCUT2D eigenvalue weighted by Gasteiger charge is 2.13. The Labute approximate surface area is 113 Å². The molecule has 1 aromatic carbocycles. The quantitative estimate of drug-likeness (QED) is 0.765. The molecule has 0 heterocycles. The zero-order chi connectivity index (χ0) is 14.3. The standard InChI is InChI=1S/C15H19NO3/c1-4-10-16-15(18)11(3)19-13-8-6-12(7-9-13)14(17)5-2/h1,6-9,11,14,17H,5,10H2,2-3H3,(H,16,18)/t11?,14-/m0/s1. The van der Waals surface area contributed by atoms with E-state index in [0.29, 0.717) is 12.2 Å². The molecule has 0 radical (unpaired) electrons. The van der Waals surface area contributed by atoms with Crippen molar-refractivity contribution in [1.82, 2.24) is 5.32 Å². The predicted octanol–water partition coefficient (Wildman–Crippen LogP) is 1.65. The lowest BCUT2D eigenvalue weighted by atomic mass is 10.1. The van der Waals surface area contributed by atoms with E-state index in [1.807, 2.05) is 6.92 Å². The number of amides is 1. The molecule has 0 aliphatic rings. The van der Waals surface area contributed by atoms with Gasteiger partial charge in [-0.25, -0.2) is 0 Å². The second kappa shape index (κ2) is 7.45. The maximum absolute atomic E-state index is 11.6. The second-order valence-corrected chi connectivity index (χ2v) is 4.18. The highest BCUT2D eigenvalue weighted by Crippen LogP contribution is 2.20. The first kappa shape index (κ1) is 15.1. The number of terminal acetylenes is 1. The third kappa shape index (κ3) is 4.65. The molecule has 0 aromatic heterocycles. The number of ether oxygens (including phenoxy) is 1. The number of carbonyl (C=O) groups is 1. The van der Waals surface area contributed by atoms with Gasteiger partial charge in [0.05, 0.1) is 12.6 Å². The normalized spacial score (nSPS) is 13.2. The summed E-state index contributed by atoms with van der Waals surface area (Å²) in [5.74, 6) is 2.65. The van der Waals surface area contributed by atoms with Crippen molar-refractivity contribution in [2.24, 2.45) is 0 Å². The van der Waals surface area contributed by atoms with Crippen molar-refractivity contribution >= 4 is 5.91 Å². The van der Waals surface area contributed by atoms with Crippen LogP contribution in [0.3, 0.4) is 0 Å². The van der Waals surface area contributed by atoms with E-state index in [1.54, 1.807) is 31.2 Å². The summed E-state index contributed by atoms with van der Waals surface area (Å²) in [5, 5.41) is 12.2. The molecule has 102 valence electrons. The van der Waals surface area contributed by atoms with Gasteiger partial charge in [-0.2, -0.15) is 0 Å². The molecule has 1 unspecified atom stereocenters. The van der Waals surface area contributed by atoms with Crippen molar-refractivity contribution < 1.29 is 14.6 Å². The number of aliphatic hydroxyl groups excluding tert-OH is 1. The Balaban J connectivity index is 2.58. The van der Waals surface area contributed by atoms with Crippen LogP contribution in [0.25, 0.3) is 0 Å². The van der Waals surface area contributed by atoms with Crippen molar-refractivity contribution in [2.75, 3.05) is 6.54 Å². The summed E-state index contributed by atoms with van der Waals surface area (Å²) >= 11 is 0. The number of rotatable bonds is 6. The average molecular weight is 261 g/mol. The largest absolute Gasteiger partial charge is 0.481 e. The fourth-order valence-corrected chi connectivity index (χ4v) is 1.54. The van der Waals surface area contributed by atoms with Crippen LogP contribution in [-0.2, 0) is 4.79 Å². The molecule has 0 saturated carbocycles. The summed E-state index contributed by atoms with van der Waals surface area (Å²) in [6.45, 7) is 3.75. The zero-order valence-corrected chi connectivity index (χ0v) is 11.2. The van der Waals surface area contributed by atoms with Crippen molar-refractivity contribution in [2.45, 2.75) is 32.5 Å². The van der Waals surface area contributed by atoms with Crippen molar-refractivity contribution in [3.63, 3.8) is 0 Å². The van der Waals surface area contributed by atoms with E-state index in [4.69, 9.17) is 11.2 Å². The van der Waals surface area contributed by atoms with Crippen LogP contribution in [0.15, 0.2) is 24.3 Å². The first-order chi connectivity index (χ1) is 9.08. The van der Waals surface area contributed by atoms with Gasteiger partial charge in [-0.3, -0.25) is 4.79 Å². The SMILES string of the molecule is C#CCNC(=O)C(C)Oc1ccc([C@@H](O)CC)cc1. The van der Waals surface area contributed by atoms with Crippen LogP contribution in [0, 0.1) is 12.3 Å². The summed E-state index contributed by atoms with van der Waals surface area (Å²) in [5.41, 5.74) is 0.833. The van der Waals surface area contributed by atoms with Gasteiger partial charge >= 0.3 is 0 Å². The summed E-state index contributed by atoms with van der Waals surface area (Å²) in [6, 6.07) is 7.05. The Kier molecular flexibility index (Phi) is 5.91. The van der Waals surface area contributed by atoms with Crippen molar-refractivity contribution in [1.29, 1.82) is 0 Å². The lowest BCUT2D eigenvalue weighted by Gasteiger charge is -2.15. The number of hydrogen-bond donors (Lipinski definition) is 2. The van der Waals surface area contributed by atoms with Crippen LogP contribution in [-0.4, -0.2) is 23.7 Å². The van der Waals surface area contributed by atoms with Crippen LogP contribution in [0.1, 0.15) is 31.9 Å². The van der Waals surface area contributed by atoms with Gasteiger partial charge in [-0.15, -0.1) is 6.42 Å². The fraction of sp³-hybridized carbons (Fsp3) is 0.400. The fourth-order valence-electron chi connectivity index (χ4n) is 1.54. The van der Waals surface area contributed by atoms with Crippen LogP contribution in [0.5, 0.6) is 5.75 Å². The molecule has 2 N–H and O–H groups in total. The molecule has 4 nitrogen and oxygen atoms in total. The van der Waals surface area contributed by atoms with Crippen LogP contribution in [0.2, 0.25) is 0 Å². The maximum Gasteiger partial charge on any atom is 0.261 e. The van der Waals surface area contributed by atoms with E-state index < -0.39 is 12.2 Å². The monoisotopic (exact) mass is 261 g/mol. The third-order valence-electron chi connectivity index (χ3n) is 2.70. The predicted molar refractivity (Wildman–Crippen MR) is 73.6 cm³/mol. The second-order valence-electron chi connectivity index (χ2n) is 4.18. The molecule has 1 rings (SSSR count). The topological polar surface area (TPSA) is 58.6 Å². The van der Waals surface area contributed by atoms with Crippen LogP contribution in [0.4, 0.5) is 0 Å². The number of nitrogens with one attached hydrogen (secondary N) is 1. The smallest absolute Gasteiger partial charge is 0.261 e. The molecular formula is C15H19NO3. The van der Waals surface area contributed by atoms with Gasteiger partial charge in [-0.05, 0) is 31.0 Å². The summed E-state index contributed by atoms with van der Waals surface area (Å²) < 4.78 is 5.48. The summed E-state index contributed by atoms with van der Waals surface area (Å²) in [7, 11) is 0. The van der Waals surface area contributed by atoms with E-state index in [0.717, 1.165) is 5.56 Å². The van der Waals surface area contributed by atoms with Crippen LogP contribution < -0.4 is 10.1 Å². The molecular weight excluding hydrogens is 242 g/mol. The highest BCUT2D eigenvalue weighted by molar-refractivity contribution is 5.80. The van der Waals surface area contributed by atoms with E-state index in [-0.39, 0.29) is 12.5 Å². The molecule has 19 heavy (non-hydrogen) atoms. The number of aliphatic hydroxyl groups is 1. The Hall–Kier alpha value is -1.99. The molecule has 1 amide bonds. The first-order valence-corrected chi connectivity index (χ1v) is 6.24. The molecule has 2 atom stereocenters. The minimum atomic E-state index is -0.615. The van der Waals surface area contributed by atoms with Gasteiger partial charge in [0.1, 0.15) is 5.75 Å². The molecule has 0 bridgehead atoms. The molecule has 0 aliphatic carbocycles. The van der Waals surface area contributed by atoms with Gasteiger partial charge in [-0.1, -0.05) is 25.0 Å². The van der Waals surface area contributed by atoms with Gasteiger partial charge in [0.15, 0.2) is 6.10 Å². The summed E-state index contributed by atoms with van der Waals surface area (Å²) in [4.78, 5) is 11.6. The highest BCUT2D eigenvalue weighted by atomic mass is 16.5. The van der Waals surface area contributed by atoms with Gasteiger partial charge < -0.3 is 15.2 Å². The van der Waals surface area contributed by atoms with E-state index in [9.17, 15) is 9.90 Å². The van der Waals surface area contributed by atoms with Gasteiger partial charge in [0.2, 0.25) is 0 Å². The zero-order valence-electron chi connectivity index (χ0n) is 11.2. The lowest BCUT2D eigenvalue weighted by Crippen LogP contribution is -2.36. The van der Waals surface area contributed by atoms with Gasteiger partial charge in [0, 0.05) is 0 Å². The third-order valence-corrected chi connectivity index (χ3v) is 2.70. The Morgan fingerprint density at radius 2 is 2.11 bits per heavy atom. The molecule has 4 heteroatoms. The Morgan fingerprint density at radius 1 is 1.47 bits per heavy atom. The van der Waals surface area contributed by atoms with E-state index >= 15 is 0 Å². The molecule has 1 aromatic rings. The number of benzene rings is 1. The molecule has 0 fully saturated rings.